The van der Waals surface area contributed by atoms with E-state index in [0.717, 1.165) is 32.5 Å². The van der Waals surface area contributed by atoms with E-state index >= 15 is 0 Å². The lowest BCUT2D eigenvalue weighted by atomic mass is 9.90. The standard InChI is InChI=1S/C11H20N2O2/c1-9-10(3-2-4-12-9)11(14)13-5-7-15-8-6-13/h9-10,12H,2-8H2,1H3. The Labute approximate surface area is 91.0 Å². The molecule has 2 aliphatic heterocycles. The van der Waals surface area contributed by atoms with Gasteiger partial charge in [0.25, 0.3) is 0 Å². The van der Waals surface area contributed by atoms with Gasteiger partial charge in [-0.15, -0.1) is 0 Å². The first-order valence-corrected chi connectivity index (χ1v) is 5.89. The average Bonchev–Trinajstić information content (AvgIpc) is 2.30. The molecule has 2 fully saturated rings. The summed E-state index contributed by atoms with van der Waals surface area (Å²) in [6.07, 6.45) is 2.15. The number of carbonyl (C=O) groups excluding carboxylic acids is 1. The first-order valence-electron chi connectivity index (χ1n) is 5.89. The lowest BCUT2D eigenvalue weighted by Gasteiger charge is -2.35. The molecule has 2 heterocycles. The fourth-order valence-electron chi connectivity index (χ4n) is 2.40. The molecular formula is C11H20N2O2. The molecule has 0 saturated carbocycles. The van der Waals surface area contributed by atoms with E-state index in [-0.39, 0.29) is 5.92 Å². The second kappa shape index (κ2) is 4.94. The van der Waals surface area contributed by atoms with Crippen LogP contribution in [0.4, 0.5) is 0 Å². The van der Waals surface area contributed by atoms with Crippen molar-refractivity contribution in [2.24, 2.45) is 5.92 Å². The highest BCUT2D eigenvalue weighted by Crippen LogP contribution is 2.19. The highest BCUT2D eigenvalue weighted by Gasteiger charge is 2.31. The van der Waals surface area contributed by atoms with Crippen molar-refractivity contribution >= 4 is 5.91 Å². The minimum absolute atomic E-state index is 0.178. The molecule has 1 N–H and O–H groups in total. The van der Waals surface area contributed by atoms with Crippen molar-refractivity contribution in [1.82, 2.24) is 10.2 Å². The number of carbonyl (C=O) groups is 1. The van der Waals surface area contributed by atoms with Gasteiger partial charge in [-0.1, -0.05) is 0 Å². The molecule has 0 radical (unpaired) electrons. The number of amides is 1. The summed E-state index contributed by atoms with van der Waals surface area (Å²) in [7, 11) is 0. The van der Waals surface area contributed by atoms with Gasteiger partial charge in [0.05, 0.1) is 19.1 Å². The van der Waals surface area contributed by atoms with E-state index in [4.69, 9.17) is 4.74 Å². The molecule has 0 bridgehead atoms. The van der Waals surface area contributed by atoms with Crippen LogP contribution in [0.5, 0.6) is 0 Å². The van der Waals surface area contributed by atoms with E-state index in [0.29, 0.717) is 25.2 Å². The highest BCUT2D eigenvalue weighted by molar-refractivity contribution is 5.79. The smallest absolute Gasteiger partial charge is 0.227 e. The van der Waals surface area contributed by atoms with Crippen molar-refractivity contribution in [2.75, 3.05) is 32.8 Å². The number of rotatable bonds is 1. The zero-order valence-corrected chi connectivity index (χ0v) is 9.37. The zero-order chi connectivity index (χ0) is 10.7. The largest absolute Gasteiger partial charge is 0.378 e. The molecule has 15 heavy (non-hydrogen) atoms. The predicted octanol–water partition coefficient (Wildman–Crippen LogP) is 0.233. The summed E-state index contributed by atoms with van der Waals surface area (Å²) in [5.74, 6) is 0.495. The second-order valence-corrected chi connectivity index (χ2v) is 4.43. The molecule has 4 nitrogen and oxygen atoms in total. The summed E-state index contributed by atoms with van der Waals surface area (Å²) in [6, 6.07) is 0.328. The summed E-state index contributed by atoms with van der Waals surface area (Å²) in [5.41, 5.74) is 0. The van der Waals surface area contributed by atoms with Gasteiger partial charge < -0.3 is 15.0 Å². The van der Waals surface area contributed by atoms with Crippen LogP contribution < -0.4 is 5.32 Å². The zero-order valence-electron chi connectivity index (χ0n) is 9.37. The maximum Gasteiger partial charge on any atom is 0.227 e. The summed E-state index contributed by atoms with van der Waals surface area (Å²) in [6.45, 7) is 6.08. The maximum atomic E-state index is 12.2. The van der Waals surface area contributed by atoms with Gasteiger partial charge in [-0.2, -0.15) is 0 Å². The van der Waals surface area contributed by atoms with Gasteiger partial charge in [-0.3, -0.25) is 4.79 Å². The first kappa shape index (κ1) is 10.9. The Morgan fingerprint density at radius 1 is 1.40 bits per heavy atom. The van der Waals surface area contributed by atoms with E-state index in [2.05, 4.69) is 12.2 Å². The molecule has 86 valence electrons. The molecule has 2 saturated heterocycles. The third-order valence-electron chi connectivity index (χ3n) is 3.40. The van der Waals surface area contributed by atoms with E-state index in [1.165, 1.54) is 0 Å². The normalized spacial score (nSPS) is 32.7. The molecule has 2 atom stereocenters. The van der Waals surface area contributed by atoms with Crippen LogP contribution in [0.25, 0.3) is 0 Å². The van der Waals surface area contributed by atoms with Crippen molar-refractivity contribution < 1.29 is 9.53 Å². The molecule has 0 aromatic heterocycles. The Kier molecular flexibility index (Phi) is 3.59. The number of nitrogens with one attached hydrogen (secondary N) is 1. The second-order valence-electron chi connectivity index (χ2n) is 4.43. The number of morpholine rings is 1. The monoisotopic (exact) mass is 212 g/mol. The maximum absolute atomic E-state index is 12.2. The van der Waals surface area contributed by atoms with Gasteiger partial charge >= 0.3 is 0 Å². The Bertz CT molecular complexity index is 227. The summed E-state index contributed by atoms with van der Waals surface area (Å²) < 4.78 is 5.25. The van der Waals surface area contributed by atoms with Crippen molar-refractivity contribution in [3.63, 3.8) is 0 Å². The third kappa shape index (κ3) is 2.49. The van der Waals surface area contributed by atoms with Crippen molar-refractivity contribution in [3.8, 4) is 0 Å². The van der Waals surface area contributed by atoms with E-state index < -0.39 is 0 Å². The van der Waals surface area contributed by atoms with Gasteiger partial charge in [0.1, 0.15) is 0 Å². The Balaban J connectivity index is 1.92. The molecule has 0 aliphatic carbocycles. The van der Waals surface area contributed by atoms with Gasteiger partial charge in [0, 0.05) is 19.1 Å². The van der Waals surface area contributed by atoms with Crippen molar-refractivity contribution in [3.05, 3.63) is 0 Å². The number of piperidine rings is 1. The molecular weight excluding hydrogens is 192 g/mol. The van der Waals surface area contributed by atoms with E-state index in [1.807, 2.05) is 4.90 Å². The van der Waals surface area contributed by atoms with Crippen LogP contribution in [-0.4, -0.2) is 49.7 Å². The summed E-state index contributed by atoms with van der Waals surface area (Å²) >= 11 is 0. The third-order valence-corrected chi connectivity index (χ3v) is 3.40. The Morgan fingerprint density at radius 2 is 2.13 bits per heavy atom. The lowest BCUT2D eigenvalue weighted by Crippen LogP contribution is -2.50. The molecule has 0 spiro atoms. The SMILES string of the molecule is CC1NCCCC1C(=O)N1CCOCC1. The quantitative estimate of drug-likeness (QED) is 0.676. The molecule has 0 aromatic rings. The molecule has 4 heteroatoms. The highest BCUT2D eigenvalue weighted by atomic mass is 16.5. The van der Waals surface area contributed by atoms with Crippen LogP contribution in [0.3, 0.4) is 0 Å². The van der Waals surface area contributed by atoms with Gasteiger partial charge in [-0.25, -0.2) is 0 Å². The molecule has 2 unspecified atom stereocenters. The molecule has 2 rings (SSSR count). The van der Waals surface area contributed by atoms with Crippen LogP contribution in [-0.2, 0) is 9.53 Å². The topological polar surface area (TPSA) is 41.6 Å². The van der Waals surface area contributed by atoms with Crippen LogP contribution in [0.15, 0.2) is 0 Å². The van der Waals surface area contributed by atoms with Crippen LogP contribution in [0.2, 0.25) is 0 Å². The van der Waals surface area contributed by atoms with Crippen LogP contribution in [0, 0.1) is 5.92 Å². The Hall–Kier alpha value is -0.610. The van der Waals surface area contributed by atoms with Gasteiger partial charge in [0.2, 0.25) is 5.91 Å². The predicted molar refractivity (Wildman–Crippen MR) is 57.6 cm³/mol. The minimum atomic E-state index is 0.178. The van der Waals surface area contributed by atoms with Crippen LogP contribution >= 0.6 is 0 Å². The van der Waals surface area contributed by atoms with Crippen LogP contribution in [0.1, 0.15) is 19.8 Å². The van der Waals surface area contributed by atoms with Gasteiger partial charge in [-0.05, 0) is 26.3 Å². The number of hydrogen-bond acceptors (Lipinski definition) is 3. The number of ether oxygens (including phenoxy) is 1. The van der Waals surface area contributed by atoms with Crippen molar-refractivity contribution in [1.29, 1.82) is 0 Å². The van der Waals surface area contributed by atoms with E-state index in [1.54, 1.807) is 0 Å². The molecule has 1 amide bonds. The molecule has 2 aliphatic rings. The summed E-state index contributed by atoms with van der Waals surface area (Å²) in [4.78, 5) is 14.1. The first-order chi connectivity index (χ1) is 7.29. The lowest BCUT2D eigenvalue weighted by molar-refractivity contribution is -0.141. The fraction of sp³-hybridized carbons (Fsp3) is 0.909. The van der Waals surface area contributed by atoms with Crippen molar-refractivity contribution in [2.45, 2.75) is 25.8 Å². The number of nitrogens with zero attached hydrogens (tertiary/aromatic N) is 1. The average molecular weight is 212 g/mol. The number of hydrogen-bond donors (Lipinski definition) is 1. The summed E-state index contributed by atoms with van der Waals surface area (Å²) in [5, 5.41) is 3.37. The minimum Gasteiger partial charge on any atom is -0.378 e. The Morgan fingerprint density at radius 3 is 2.80 bits per heavy atom. The molecule has 0 aromatic carbocycles. The van der Waals surface area contributed by atoms with E-state index in [9.17, 15) is 4.79 Å². The van der Waals surface area contributed by atoms with Gasteiger partial charge in [0.15, 0.2) is 0 Å². The fourth-order valence-corrected chi connectivity index (χ4v) is 2.40.